The highest BCUT2D eigenvalue weighted by Gasteiger charge is 2.43. The number of hydrogen-bond donors (Lipinski definition) is 1. The molecular formula is C17H19F3N2O4. The minimum Gasteiger partial charge on any atom is -0.425 e. The Morgan fingerprint density at radius 1 is 1.19 bits per heavy atom. The molecule has 1 aliphatic rings. The van der Waals surface area contributed by atoms with Crippen molar-refractivity contribution in [3.8, 4) is 5.75 Å². The van der Waals surface area contributed by atoms with Gasteiger partial charge in [0.2, 0.25) is 5.91 Å². The Hall–Kier alpha value is -2.58. The van der Waals surface area contributed by atoms with Gasteiger partial charge in [-0.3, -0.25) is 9.59 Å². The molecule has 0 spiro atoms. The van der Waals surface area contributed by atoms with Crippen LogP contribution < -0.4 is 10.1 Å². The Kier molecular flexibility index (Phi) is 6.23. The van der Waals surface area contributed by atoms with Crippen LogP contribution in [0.5, 0.6) is 5.75 Å². The highest BCUT2D eigenvalue weighted by atomic mass is 19.4. The Balaban J connectivity index is 1.76. The largest absolute Gasteiger partial charge is 0.471 e. The minimum atomic E-state index is -4.91. The quantitative estimate of drug-likeness (QED) is 0.646. The summed E-state index contributed by atoms with van der Waals surface area (Å²) >= 11 is 0. The van der Waals surface area contributed by atoms with Crippen LogP contribution in [0, 0.1) is 12.8 Å². The number of carbonyl (C=O) groups excluding carboxylic acids is 3. The Bertz CT molecular complexity index is 683. The number of para-hydroxylation sites is 1. The maximum Gasteiger partial charge on any atom is 0.471 e. The number of benzene rings is 1. The van der Waals surface area contributed by atoms with Crippen molar-refractivity contribution in [2.24, 2.45) is 5.92 Å². The predicted molar refractivity (Wildman–Crippen MR) is 85.2 cm³/mol. The van der Waals surface area contributed by atoms with Crippen LogP contribution in [-0.2, 0) is 14.4 Å². The van der Waals surface area contributed by atoms with Crippen LogP contribution in [0.4, 0.5) is 13.2 Å². The Morgan fingerprint density at radius 3 is 2.38 bits per heavy atom. The molecule has 1 N–H and O–H groups in total. The predicted octanol–water partition coefficient (Wildman–Crippen LogP) is 1.82. The van der Waals surface area contributed by atoms with E-state index in [0.29, 0.717) is 10.6 Å². The van der Waals surface area contributed by atoms with Crippen molar-refractivity contribution in [2.75, 3.05) is 19.6 Å². The van der Waals surface area contributed by atoms with Crippen molar-refractivity contribution < 1.29 is 32.3 Å². The molecule has 26 heavy (non-hydrogen) atoms. The first-order valence-corrected chi connectivity index (χ1v) is 8.08. The van der Waals surface area contributed by atoms with Crippen molar-refractivity contribution in [1.29, 1.82) is 0 Å². The molecule has 0 saturated carbocycles. The molecule has 2 rings (SSSR count). The number of esters is 1. The fourth-order valence-electron chi connectivity index (χ4n) is 2.66. The summed E-state index contributed by atoms with van der Waals surface area (Å²) in [5, 5.41) is 2.43. The summed E-state index contributed by atoms with van der Waals surface area (Å²) in [6, 6.07) is 6.91. The summed E-state index contributed by atoms with van der Waals surface area (Å²) < 4.78 is 42.3. The second-order valence-electron chi connectivity index (χ2n) is 6.02. The standard InChI is InChI=1S/C17H19F3N2O4/c1-11-4-2-3-5-13(11)26-14(23)10-21-15(24)12-6-8-22(9-7-12)16(25)17(18,19)20/h2-5,12H,6-10H2,1H3,(H,21,24). The van der Waals surface area contributed by atoms with Crippen molar-refractivity contribution in [2.45, 2.75) is 25.9 Å². The summed E-state index contributed by atoms with van der Waals surface area (Å²) in [5.41, 5.74) is 0.772. The van der Waals surface area contributed by atoms with E-state index in [1.54, 1.807) is 31.2 Å². The third kappa shape index (κ3) is 5.21. The van der Waals surface area contributed by atoms with Gasteiger partial charge in [-0.1, -0.05) is 18.2 Å². The lowest BCUT2D eigenvalue weighted by atomic mass is 9.96. The number of ether oxygens (including phenoxy) is 1. The van der Waals surface area contributed by atoms with Crippen LogP contribution in [0.3, 0.4) is 0 Å². The molecule has 0 atom stereocenters. The second kappa shape index (κ2) is 8.20. The van der Waals surface area contributed by atoms with Crippen LogP contribution in [0.1, 0.15) is 18.4 Å². The van der Waals surface area contributed by atoms with Gasteiger partial charge in [0.1, 0.15) is 12.3 Å². The number of piperidine rings is 1. The summed E-state index contributed by atoms with van der Waals surface area (Å²) in [5.74, 6) is -3.12. The van der Waals surface area contributed by atoms with Crippen LogP contribution >= 0.6 is 0 Å². The molecule has 142 valence electrons. The average molecular weight is 372 g/mol. The van der Waals surface area contributed by atoms with E-state index in [9.17, 15) is 27.6 Å². The second-order valence-corrected chi connectivity index (χ2v) is 6.02. The van der Waals surface area contributed by atoms with Gasteiger partial charge >= 0.3 is 18.1 Å². The zero-order valence-corrected chi connectivity index (χ0v) is 14.1. The van der Waals surface area contributed by atoms with Crippen LogP contribution in [0.25, 0.3) is 0 Å². The fraction of sp³-hybridized carbons (Fsp3) is 0.471. The minimum absolute atomic E-state index is 0.112. The van der Waals surface area contributed by atoms with Gasteiger partial charge < -0.3 is 15.0 Å². The smallest absolute Gasteiger partial charge is 0.425 e. The molecule has 0 radical (unpaired) electrons. The van der Waals surface area contributed by atoms with Crippen molar-refractivity contribution in [1.82, 2.24) is 10.2 Å². The zero-order chi connectivity index (χ0) is 19.3. The van der Waals surface area contributed by atoms with Gasteiger partial charge in [-0.25, -0.2) is 4.79 Å². The third-order valence-corrected chi connectivity index (χ3v) is 4.12. The summed E-state index contributed by atoms with van der Waals surface area (Å²) in [6.07, 6.45) is -4.69. The zero-order valence-electron chi connectivity index (χ0n) is 14.1. The number of aryl methyl sites for hydroxylation is 1. The summed E-state index contributed by atoms with van der Waals surface area (Å²) in [6.45, 7) is 1.14. The number of rotatable bonds is 4. The highest BCUT2D eigenvalue weighted by Crippen LogP contribution is 2.24. The van der Waals surface area contributed by atoms with E-state index in [0.717, 1.165) is 5.56 Å². The lowest BCUT2D eigenvalue weighted by Crippen LogP contribution is -2.48. The molecule has 6 nitrogen and oxygen atoms in total. The van der Waals surface area contributed by atoms with Gasteiger partial charge in [-0.05, 0) is 31.4 Å². The van der Waals surface area contributed by atoms with Gasteiger partial charge in [0, 0.05) is 19.0 Å². The first-order valence-electron chi connectivity index (χ1n) is 8.08. The molecule has 9 heteroatoms. The fourth-order valence-corrected chi connectivity index (χ4v) is 2.66. The maximum atomic E-state index is 12.4. The van der Waals surface area contributed by atoms with E-state index in [1.165, 1.54) is 0 Å². The number of hydrogen-bond acceptors (Lipinski definition) is 4. The summed E-state index contributed by atoms with van der Waals surface area (Å²) in [4.78, 5) is 35.7. The average Bonchev–Trinajstić information content (AvgIpc) is 2.60. The van der Waals surface area contributed by atoms with Gasteiger partial charge in [-0.15, -0.1) is 0 Å². The maximum absolute atomic E-state index is 12.4. The van der Waals surface area contributed by atoms with Crippen LogP contribution in [-0.4, -0.2) is 48.5 Å². The van der Waals surface area contributed by atoms with E-state index < -0.39 is 29.9 Å². The van der Waals surface area contributed by atoms with Crippen molar-refractivity contribution in [3.63, 3.8) is 0 Å². The first-order chi connectivity index (χ1) is 12.2. The van der Waals surface area contributed by atoms with E-state index in [-0.39, 0.29) is 32.5 Å². The molecular weight excluding hydrogens is 353 g/mol. The molecule has 1 fully saturated rings. The normalized spacial score (nSPS) is 15.5. The molecule has 0 aromatic heterocycles. The molecule has 1 saturated heterocycles. The molecule has 0 unspecified atom stereocenters. The lowest BCUT2D eigenvalue weighted by molar-refractivity contribution is -0.186. The Morgan fingerprint density at radius 2 is 1.81 bits per heavy atom. The van der Waals surface area contributed by atoms with Crippen molar-refractivity contribution >= 4 is 17.8 Å². The number of likely N-dealkylation sites (tertiary alicyclic amines) is 1. The highest BCUT2D eigenvalue weighted by molar-refractivity contribution is 5.85. The number of nitrogens with one attached hydrogen (secondary N) is 1. The van der Waals surface area contributed by atoms with E-state index in [1.807, 2.05) is 0 Å². The number of amides is 2. The SMILES string of the molecule is Cc1ccccc1OC(=O)CNC(=O)C1CCN(C(=O)C(F)(F)F)CC1. The third-order valence-electron chi connectivity index (χ3n) is 4.12. The molecule has 1 heterocycles. The van der Waals surface area contributed by atoms with Gasteiger partial charge in [0.05, 0.1) is 0 Å². The van der Waals surface area contributed by atoms with E-state index >= 15 is 0 Å². The van der Waals surface area contributed by atoms with Gasteiger partial charge in [-0.2, -0.15) is 13.2 Å². The Labute approximate surface area is 148 Å². The van der Waals surface area contributed by atoms with Crippen LogP contribution in [0.2, 0.25) is 0 Å². The lowest BCUT2D eigenvalue weighted by Gasteiger charge is -2.31. The van der Waals surface area contributed by atoms with E-state index in [4.69, 9.17) is 4.74 Å². The van der Waals surface area contributed by atoms with Gasteiger partial charge in [0.15, 0.2) is 0 Å². The number of nitrogens with zero attached hydrogens (tertiary/aromatic N) is 1. The van der Waals surface area contributed by atoms with Gasteiger partial charge in [0.25, 0.3) is 0 Å². The van der Waals surface area contributed by atoms with Crippen LogP contribution in [0.15, 0.2) is 24.3 Å². The number of halogens is 3. The molecule has 1 aromatic carbocycles. The summed E-state index contributed by atoms with van der Waals surface area (Å²) in [7, 11) is 0. The van der Waals surface area contributed by atoms with Crippen molar-refractivity contribution in [3.05, 3.63) is 29.8 Å². The molecule has 0 bridgehead atoms. The molecule has 0 aliphatic carbocycles. The number of carbonyl (C=O) groups is 3. The number of alkyl halides is 3. The topological polar surface area (TPSA) is 75.7 Å². The molecule has 2 amide bonds. The van der Waals surface area contributed by atoms with E-state index in [2.05, 4.69) is 5.32 Å². The monoisotopic (exact) mass is 372 g/mol. The molecule has 1 aliphatic heterocycles. The molecule has 1 aromatic rings. The first kappa shape index (κ1) is 19.7.